The second kappa shape index (κ2) is 5.72. The van der Waals surface area contributed by atoms with Gasteiger partial charge in [0.1, 0.15) is 0 Å². The van der Waals surface area contributed by atoms with Crippen LogP contribution >= 0.6 is 0 Å². The smallest absolute Gasteiger partial charge is 0.0220 e. The van der Waals surface area contributed by atoms with Gasteiger partial charge in [-0.25, -0.2) is 0 Å². The Bertz CT molecular complexity index is 148. The van der Waals surface area contributed by atoms with Gasteiger partial charge in [-0.2, -0.15) is 0 Å². The van der Waals surface area contributed by atoms with Gasteiger partial charge in [0.15, 0.2) is 0 Å². The van der Waals surface area contributed by atoms with E-state index in [1.54, 1.807) is 0 Å². The molecule has 0 spiro atoms. The predicted molar refractivity (Wildman–Crippen MR) is 62.3 cm³/mol. The molecule has 2 N–H and O–H groups in total. The summed E-state index contributed by atoms with van der Waals surface area (Å²) < 4.78 is 0. The van der Waals surface area contributed by atoms with Crippen molar-refractivity contribution in [2.45, 2.75) is 46.1 Å². The molecule has 84 valence electrons. The van der Waals surface area contributed by atoms with Gasteiger partial charge in [-0.15, -0.1) is 0 Å². The molecular formula is C12H26N2. The van der Waals surface area contributed by atoms with Crippen LogP contribution in [0.4, 0.5) is 0 Å². The van der Waals surface area contributed by atoms with Crippen LogP contribution in [0.15, 0.2) is 0 Å². The molecule has 1 saturated heterocycles. The quantitative estimate of drug-likeness (QED) is 0.749. The number of hydrogen-bond donors (Lipinski definition) is 1. The normalized spacial score (nSPS) is 22.9. The molecule has 1 heterocycles. The van der Waals surface area contributed by atoms with E-state index in [-0.39, 0.29) is 0 Å². The molecule has 0 radical (unpaired) electrons. The fourth-order valence-electron chi connectivity index (χ4n) is 2.33. The Morgan fingerprint density at radius 2 is 1.86 bits per heavy atom. The van der Waals surface area contributed by atoms with Crippen LogP contribution in [0.2, 0.25) is 0 Å². The highest BCUT2D eigenvalue weighted by Gasteiger charge is 2.22. The summed E-state index contributed by atoms with van der Waals surface area (Å²) in [7, 11) is 0. The van der Waals surface area contributed by atoms with Crippen molar-refractivity contribution in [2.24, 2.45) is 17.6 Å². The molecule has 1 aliphatic heterocycles. The van der Waals surface area contributed by atoms with Crippen LogP contribution in [0.5, 0.6) is 0 Å². The Labute approximate surface area is 88.8 Å². The number of hydrogen-bond acceptors (Lipinski definition) is 2. The highest BCUT2D eigenvalue weighted by Crippen LogP contribution is 2.20. The van der Waals surface area contributed by atoms with Crippen molar-refractivity contribution in [3.05, 3.63) is 0 Å². The minimum Gasteiger partial charge on any atom is -0.329 e. The zero-order valence-corrected chi connectivity index (χ0v) is 10.00. The van der Waals surface area contributed by atoms with Crippen LogP contribution in [0.1, 0.15) is 40.0 Å². The summed E-state index contributed by atoms with van der Waals surface area (Å²) in [5, 5.41) is 0. The molecular weight excluding hydrogens is 172 g/mol. The van der Waals surface area contributed by atoms with E-state index in [1.807, 2.05) is 0 Å². The Kier molecular flexibility index (Phi) is 4.90. The lowest BCUT2D eigenvalue weighted by atomic mass is 9.95. The molecule has 1 rings (SSSR count). The van der Waals surface area contributed by atoms with Crippen molar-refractivity contribution in [1.82, 2.24) is 4.90 Å². The Morgan fingerprint density at radius 3 is 2.29 bits per heavy atom. The SMILES string of the molecule is CC(C)CC(CN)N1CCC(C)CC1. The highest BCUT2D eigenvalue weighted by molar-refractivity contribution is 4.78. The van der Waals surface area contributed by atoms with Gasteiger partial charge in [0, 0.05) is 12.6 Å². The van der Waals surface area contributed by atoms with Crippen molar-refractivity contribution in [3.8, 4) is 0 Å². The number of rotatable bonds is 4. The maximum Gasteiger partial charge on any atom is 0.0220 e. The first-order chi connectivity index (χ1) is 6.63. The van der Waals surface area contributed by atoms with Gasteiger partial charge in [-0.1, -0.05) is 20.8 Å². The molecule has 0 aliphatic carbocycles. The first kappa shape index (κ1) is 12.0. The lowest BCUT2D eigenvalue weighted by molar-refractivity contribution is 0.126. The third-order valence-electron chi connectivity index (χ3n) is 3.35. The van der Waals surface area contributed by atoms with Crippen molar-refractivity contribution in [1.29, 1.82) is 0 Å². The Hall–Kier alpha value is -0.0800. The van der Waals surface area contributed by atoms with E-state index in [4.69, 9.17) is 5.73 Å². The first-order valence-electron chi connectivity index (χ1n) is 6.07. The minimum atomic E-state index is 0.627. The van der Waals surface area contributed by atoms with Gasteiger partial charge >= 0.3 is 0 Å². The maximum atomic E-state index is 5.84. The molecule has 0 bridgehead atoms. The lowest BCUT2D eigenvalue weighted by Gasteiger charge is -2.37. The van der Waals surface area contributed by atoms with Gasteiger partial charge < -0.3 is 5.73 Å². The highest BCUT2D eigenvalue weighted by atomic mass is 15.2. The summed E-state index contributed by atoms with van der Waals surface area (Å²) in [4.78, 5) is 2.60. The number of nitrogens with zero attached hydrogens (tertiary/aromatic N) is 1. The van der Waals surface area contributed by atoms with Crippen LogP contribution in [0.25, 0.3) is 0 Å². The molecule has 1 unspecified atom stereocenters. The molecule has 0 saturated carbocycles. The van der Waals surface area contributed by atoms with Crippen molar-refractivity contribution in [2.75, 3.05) is 19.6 Å². The fourth-order valence-corrected chi connectivity index (χ4v) is 2.33. The standard InChI is InChI=1S/C12H26N2/c1-10(2)8-12(9-13)14-6-4-11(3)5-7-14/h10-12H,4-9,13H2,1-3H3. The molecule has 2 nitrogen and oxygen atoms in total. The van der Waals surface area contributed by atoms with Gasteiger partial charge in [0.2, 0.25) is 0 Å². The van der Waals surface area contributed by atoms with E-state index in [0.717, 1.165) is 18.4 Å². The average molecular weight is 198 g/mol. The predicted octanol–water partition coefficient (Wildman–Crippen LogP) is 2.09. The number of piperidine rings is 1. The van der Waals surface area contributed by atoms with Gasteiger partial charge in [0.05, 0.1) is 0 Å². The van der Waals surface area contributed by atoms with Crippen molar-refractivity contribution >= 4 is 0 Å². The second-order valence-electron chi connectivity index (χ2n) is 5.24. The van der Waals surface area contributed by atoms with Gasteiger partial charge in [-0.05, 0) is 44.2 Å². The molecule has 14 heavy (non-hydrogen) atoms. The summed E-state index contributed by atoms with van der Waals surface area (Å²) in [5.74, 6) is 1.69. The molecule has 0 aromatic carbocycles. The fraction of sp³-hybridized carbons (Fsp3) is 1.00. The van der Waals surface area contributed by atoms with Crippen LogP contribution in [-0.2, 0) is 0 Å². The Morgan fingerprint density at radius 1 is 1.29 bits per heavy atom. The number of likely N-dealkylation sites (tertiary alicyclic amines) is 1. The Balaban J connectivity index is 2.36. The van der Waals surface area contributed by atoms with E-state index >= 15 is 0 Å². The van der Waals surface area contributed by atoms with Crippen LogP contribution in [0.3, 0.4) is 0 Å². The van der Waals surface area contributed by atoms with E-state index in [1.165, 1.54) is 32.4 Å². The second-order valence-corrected chi connectivity index (χ2v) is 5.24. The third-order valence-corrected chi connectivity index (χ3v) is 3.35. The summed E-state index contributed by atoms with van der Waals surface area (Å²) >= 11 is 0. The van der Waals surface area contributed by atoms with Gasteiger partial charge in [0.25, 0.3) is 0 Å². The maximum absolute atomic E-state index is 5.84. The monoisotopic (exact) mass is 198 g/mol. The van der Waals surface area contributed by atoms with E-state index in [0.29, 0.717) is 6.04 Å². The minimum absolute atomic E-state index is 0.627. The molecule has 0 aromatic rings. The van der Waals surface area contributed by atoms with Gasteiger partial charge in [-0.3, -0.25) is 4.90 Å². The molecule has 1 aliphatic rings. The third kappa shape index (κ3) is 3.58. The van der Waals surface area contributed by atoms with E-state index in [9.17, 15) is 0 Å². The average Bonchev–Trinajstić information content (AvgIpc) is 2.15. The van der Waals surface area contributed by atoms with Crippen LogP contribution in [-0.4, -0.2) is 30.6 Å². The topological polar surface area (TPSA) is 29.3 Å². The molecule has 0 aromatic heterocycles. The van der Waals surface area contributed by atoms with Crippen molar-refractivity contribution in [3.63, 3.8) is 0 Å². The van der Waals surface area contributed by atoms with Crippen LogP contribution < -0.4 is 5.73 Å². The summed E-state index contributed by atoms with van der Waals surface area (Å²) in [5.41, 5.74) is 5.84. The zero-order chi connectivity index (χ0) is 10.6. The van der Waals surface area contributed by atoms with E-state index < -0.39 is 0 Å². The molecule has 1 fully saturated rings. The molecule has 2 heteroatoms. The first-order valence-corrected chi connectivity index (χ1v) is 6.07. The number of nitrogens with two attached hydrogens (primary N) is 1. The molecule has 0 amide bonds. The zero-order valence-electron chi connectivity index (χ0n) is 10.00. The summed E-state index contributed by atoms with van der Waals surface area (Å²) in [6.45, 7) is 10.3. The summed E-state index contributed by atoms with van der Waals surface area (Å²) in [6, 6.07) is 0.627. The van der Waals surface area contributed by atoms with Crippen LogP contribution in [0, 0.1) is 11.8 Å². The molecule has 1 atom stereocenters. The summed E-state index contributed by atoms with van der Waals surface area (Å²) in [6.07, 6.45) is 3.97. The largest absolute Gasteiger partial charge is 0.329 e. The lowest BCUT2D eigenvalue weighted by Crippen LogP contribution is -2.45. The van der Waals surface area contributed by atoms with Crippen molar-refractivity contribution < 1.29 is 0 Å². The van der Waals surface area contributed by atoms with E-state index in [2.05, 4.69) is 25.7 Å².